The molecule has 10 nitrogen and oxygen atoms in total. The van der Waals surface area contributed by atoms with Gasteiger partial charge in [0.15, 0.2) is 20.9 Å². The quantitative estimate of drug-likeness (QED) is 0.284. The third-order valence-electron chi connectivity index (χ3n) is 7.04. The number of carbonyl (C=O) groups excluding carboxylic acids is 2. The van der Waals surface area contributed by atoms with Crippen LogP contribution in [0.2, 0.25) is 0 Å². The Morgan fingerprint density at radius 2 is 2.10 bits per heavy atom. The molecule has 4 atom stereocenters. The van der Waals surface area contributed by atoms with E-state index in [2.05, 4.69) is 34.3 Å². The number of nitrogens with zero attached hydrogens (tertiary/aromatic N) is 2. The zero-order valence-electron chi connectivity index (χ0n) is 22.4. The highest BCUT2D eigenvalue weighted by molar-refractivity contribution is 7.92. The van der Waals surface area contributed by atoms with Gasteiger partial charge in [0.05, 0.1) is 12.1 Å². The molecule has 2 heterocycles. The van der Waals surface area contributed by atoms with Gasteiger partial charge >= 0.3 is 5.97 Å². The monoisotopic (exact) mass is 555 g/mol. The molecule has 2 aromatic rings. The highest BCUT2D eigenvalue weighted by atomic mass is 32.2. The number of amides is 1. The Morgan fingerprint density at radius 3 is 2.82 bits per heavy atom. The molecule has 1 saturated carbocycles. The lowest BCUT2D eigenvalue weighted by Crippen LogP contribution is -2.51. The maximum Gasteiger partial charge on any atom is 0.302 e. The van der Waals surface area contributed by atoms with Gasteiger partial charge in [0.25, 0.3) is 5.91 Å². The summed E-state index contributed by atoms with van der Waals surface area (Å²) in [6.45, 7) is 3.93. The van der Waals surface area contributed by atoms with Crippen LogP contribution < -0.4 is 5.48 Å². The molecule has 1 aliphatic heterocycles. The van der Waals surface area contributed by atoms with Crippen LogP contribution in [0.5, 0.6) is 0 Å². The van der Waals surface area contributed by atoms with E-state index in [4.69, 9.17) is 14.3 Å². The second-order valence-electron chi connectivity index (χ2n) is 10.2. The number of aryl methyl sites for hydroxylation is 1. The fourth-order valence-corrected chi connectivity index (χ4v) is 5.00. The van der Waals surface area contributed by atoms with Crippen LogP contribution in [-0.4, -0.2) is 60.6 Å². The zero-order valence-corrected chi connectivity index (χ0v) is 23.2. The number of nitrogens with one attached hydrogen (secondary N) is 1. The van der Waals surface area contributed by atoms with Crippen LogP contribution in [0.4, 0.5) is 0 Å². The minimum atomic E-state index is -3.78. The normalized spacial score (nSPS) is 22.0. The number of carbonyl (C=O) groups is 2. The second kappa shape index (κ2) is 12.2. The second-order valence-corrected chi connectivity index (χ2v) is 12.6. The summed E-state index contributed by atoms with van der Waals surface area (Å²) in [6, 6.07) is 5.56. The average Bonchev–Trinajstić information content (AvgIpc) is 3.53. The third kappa shape index (κ3) is 7.60. The summed E-state index contributed by atoms with van der Waals surface area (Å²) < 4.78 is 35.6. The minimum Gasteiger partial charge on any atom is -0.466 e. The molecule has 1 N–H and O–H groups in total. The first kappa shape index (κ1) is 28.6. The van der Waals surface area contributed by atoms with Crippen molar-refractivity contribution in [3.05, 3.63) is 30.0 Å². The minimum absolute atomic E-state index is 0.00239. The molecular formula is C28H33N3O7S. The first-order valence-corrected chi connectivity index (χ1v) is 14.8. The number of aromatic nitrogens is 2. The van der Waals surface area contributed by atoms with Gasteiger partial charge in [-0.3, -0.25) is 14.3 Å². The lowest BCUT2D eigenvalue weighted by atomic mass is 10.1. The number of fused-ring (bicyclic) bond motifs is 1. The third-order valence-corrected chi connectivity index (χ3v) is 9.07. The van der Waals surface area contributed by atoms with E-state index >= 15 is 0 Å². The Balaban J connectivity index is 1.36. The van der Waals surface area contributed by atoms with Crippen LogP contribution in [0.25, 0.3) is 10.9 Å². The Labute approximate surface area is 228 Å². The predicted molar refractivity (Wildman–Crippen MR) is 143 cm³/mol. The van der Waals surface area contributed by atoms with Gasteiger partial charge in [-0.25, -0.2) is 18.7 Å². The lowest BCUT2D eigenvalue weighted by molar-refractivity contribution is -0.201. The van der Waals surface area contributed by atoms with Gasteiger partial charge in [-0.15, -0.1) is 0 Å². The first-order chi connectivity index (χ1) is 18.5. The van der Waals surface area contributed by atoms with Gasteiger partial charge in [0.2, 0.25) is 0 Å². The molecular weight excluding hydrogens is 522 g/mol. The largest absolute Gasteiger partial charge is 0.466 e. The average molecular weight is 556 g/mol. The number of hydrogen-bond acceptors (Lipinski definition) is 8. The van der Waals surface area contributed by atoms with E-state index in [-0.39, 0.29) is 24.9 Å². The SMILES string of the molecule is CC(=O)OC[C@H]1C[C@@H]1C#CC#Cc1ccc2nn(CC[C@](C)(C(=O)NOC3CCCCO3)S(C)(=O)=O)cc2c1. The summed E-state index contributed by atoms with van der Waals surface area (Å²) >= 11 is 0. The molecule has 4 rings (SSSR count). The van der Waals surface area contributed by atoms with Crippen molar-refractivity contribution in [2.24, 2.45) is 11.8 Å². The van der Waals surface area contributed by atoms with E-state index in [1.54, 1.807) is 10.9 Å². The Bertz CT molecular complexity index is 1450. The van der Waals surface area contributed by atoms with Crippen molar-refractivity contribution in [3.8, 4) is 23.7 Å². The summed E-state index contributed by atoms with van der Waals surface area (Å²) in [5.74, 6) is 11.3. The van der Waals surface area contributed by atoms with Crippen LogP contribution >= 0.6 is 0 Å². The molecule has 1 saturated heterocycles. The van der Waals surface area contributed by atoms with Gasteiger partial charge < -0.3 is 9.47 Å². The van der Waals surface area contributed by atoms with Crippen LogP contribution in [0.1, 0.15) is 51.5 Å². The van der Waals surface area contributed by atoms with Gasteiger partial charge in [0.1, 0.15) is 0 Å². The number of hydroxylamine groups is 1. The number of benzene rings is 1. The molecule has 1 unspecified atom stereocenters. The summed E-state index contributed by atoms with van der Waals surface area (Å²) in [5.41, 5.74) is 3.79. The highest BCUT2D eigenvalue weighted by Crippen LogP contribution is 2.37. The molecule has 1 aromatic carbocycles. The molecule has 208 valence electrons. The number of sulfone groups is 1. The first-order valence-electron chi connectivity index (χ1n) is 12.9. The Hall–Kier alpha value is -3.38. The molecule has 0 bridgehead atoms. The molecule has 1 aromatic heterocycles. The van der Waals surface area contributed by atoms with Gasteiger partial charge in [0, 0.05) is 61.7 Å². The summed E-state index contributed by atoms with van der Waals surface area (Å²) in [7, 11) is -3.78. The molecule has 39 heavy (non-hydrogen) atoms. The maximum atomic E-state index is 12.9. The van der Waals surface area contributed by atoms with Crippen molar-refractivity contribution in [3.63, 3.8) is 0 Å². The Morgan fingerprint density at radius 1 is 1.28 bits per heavy atom. The fourth-order valence-electron chi connectivity index (χ4n) is 4.16. The van der Waals surface area contributed by atoms with Crippen molar-refractivity contribution in [1.29, 1.82) is 0 Å². The maximum absolute atomic E-state index is 12.9. The van der Waals surface area contributed by atoms with Crippen LogP contribution in [0, 0.1) is 35.5 Å². The molecule has 0 spiro atoms. The summed E-state index contributed by atoms with van der Waals surface area (Å²) in [4.78, 5) is 29.1. The van der Waals surface area contributed by atoms with Gasteiger partial charge in [-0.05, 0) is 62.6 Å². The van der Waals surface area contributed by atoms with Gasteiger partial charge in [-0.1, -0.05) is 11.8 Å². The van der Waals surface area contributed by atoms with Crippen molar-refractivity contribution in [1.82, 2.24) is 15.3 Å². The number of rotatable bonds is 9. The van der Waals surface area contributed by atoms with E-state index in [9.17, 15) is 18.0 Å². The van der Waals surface area contributed by atoms with Crippen LogP contribution in [-0.2, 0) is 40.3 Å². The van der Waals surface area contributed by atoms with Crippen molar-refractivity contribution in [2.75, 3.05) is 19.5 Å². The molecule has 2 aliphatic rings. The number of esters is 1. The zero-order chi connectivity index (χ0) is 28.0. The molecule has 1 aliphatic carbocycles. The van der Waals surface area contributed by atoms with E-state index in [0.717, 1.165) is 42.0 Å². The van der Waals surface area contributed by atoms with Crippen molar-refractivity contribution in [2.45, 2.75) is 63.5 Å². The van der Waals surface area contributed by atoms with E-state index in [1.807, 2.05) is 18.2 Å². The topological polar surface area (TPSA) is 126 Å². The number of ether oxygens (including phenoxy) is 2. The van der Waals surface area contributed by atoms with E-state index < -0.39 is 26.8 Å². The number of hydrogen-bond donors (Lipinski definition) is 1. The van der Waals surface area contributed by atoms with Crippen molar-refractivity contribution < 1.29 is 32.3 Å². The smallest absolute Gasteiger partial charge is 0.302 e. The predicted octanol–water partition coefficient (Wildman–Crippen LogP) is 2.36. The van der Waals surface area contributed by atoms with Crippen LogP contribution in [0.3, 0.4) is 0 Å². The lowest BCUT2D eigenvalue weighted by Gasteiger charge is -2.28. The van der Waals surface area contributed by atoms with Crippen molar-refractivity contribution >= 4 is 32.6 Å². The van der Waals surface area contributed by atoms with Gasteiger partial charge in [-0.2, -0.15) is 5.10 Å². The molecule has 11 heteroatoms. The van der Waals surface area contributed by atoms with Crippen LogP contribution in [0.15, 0.2) is 24.4 Å². The Kier molecular flexibility index (Phi) is 8.96. The summed E-state index contributed by atoms with van der Waals surface area (Å²) in [6.07, 6.45) is 5.64. The molecule has 2 fully saturated rings. The van der Waals surface area contributed by atoms with E-state index in [0.29, 0.717) is 25.6 Å². The summed E-state index contributed by atoms with van der Waals surface area (Å²) in [5, 5.41) is 5.35. The molecule has 0 radical (unpaired) electrons. The molecule has 1 amide bonds. The fraction of sp³-hybridized carbons (Fsp3) is 0.536. The standard InChI is InChI=1S/C28H33N3O7S/c1-20(32)37-19-24-17-22(24)9-5-4-8-21-11-12-25-23(16-21)18-31(29-25)14-13-28(2,39(3,34)35)27(33)30-38-26-10-6-7-15-36-26/h11-12,16,18,22,24,26H,6-7,10,13-15,17,19H2,1-3H3,(H,30,33)/t22-,24+,26?,28+/m0/s1. The van der Waals surface area contributed by atoms with E-state index in [1.165, 1.54) is 13.8 Å². The highest BCUT2D eigenvalue weighted by Gasteiger charge is 2.44.